The van der Waals surface area contributed by atoms with Gasteiger partial charge < -0.3 is 5.11 Å². The number of carboxylic acids is 1. The van der Waals surface area contributed by atoms with E-state index < -0.39 is 5.97 Å². The molecule has 1 aromatic heterocycles. The molecule has 0 saturated heterocycles. The van der Waals surface area contributed by atoms with E-state index in [4.69, 9.17) is 5.11 Å². The second-order valence-corrected chi connectivity index (χ2v) is 4.40. The predicted octanol–water partition coefficient (Wildman–Crippen LogP) is 1.36. The maximum absolute atomic E-state index is 10.4. The van der Waals surface area contributed by atoms with Crippen LogP contribution in [0, 0.1) is 0 Å². The zero-order valence-electron chi connectivity index (χ0n) is 8.82. The van der Waals surface area contributed by atoms with Crippen molar-refractivity contribution < 1.29 is 14.5 Å². The first-order valence-corrected chi connectivity index (χ1v) is 4.61. The third-order valence-electron chi connectivity index (χ3n) is 2.07. The normalized spacial score (nSPS) is 11.4. The third kappa shape index (κ3) is 2.83. The van der Waals surface area contributed by atoms with Gasteiger partial charge in [0.05, 0.1) is 0 Å². The second-order valence-electron chi connectivity index (χ2n) is 4.40. The van der Waals surface area contributed by atoms with Crippen LogP contribution < -0.4 is 4.57 Å². The largest absolute Gasteiger partial charge is 0.477 e. The zero-order chi connectivity index (χ0) is 10.8. The first-order chi connectivity index (χ1) is 6.39. The van der Waals surface area contributed by atoms with Crippen LogP contribution >= 0.6 is 0 Å². The SMILES string of the molecule is CC(C)(C)c1cc[n+](CC(=O)O)cc1. The standard InChI is InChI=1S/C11H15NO2/c1-11(2,3)9-4-6-12(7-5-9)8-10(13)14/h4-7H,8H2,1-3H3/p+1. The highest BCUT2D eigenvalue weighted by Gasteiger charge is 2.15. The Kier molecular flexibility index (Phi) is 2.89. The van der Waals surface area contributed by atoms with E-state index in [1.807, 2.05) is 12.1 Å². The molecule has 0 fully saturated rings. The zero-order valence-corrected chi connectivity index (χ0v) is 8.82. The van der Waals surface area contributed by atoms with Crippen LogP contribution in [0.5, 0.6) is 0 Å². The minimum absolute atomic E-state index is 0.0183. The molecule has 0 atom stereocenters. The average molecular weight is 194 g/mol. The third-order valence-corrected chi connectivity index (χ3v) is 2.07. The summed E-state index contributed by atoms with van der Waals surface area (Å²) in [6.07, 6.45) is 3.60. The van der Waals surface area contributed by atoms with Gasteiger partial charge in [-0.25, -0.2) is 4.79 Å². The molecule has 3 heteroatoms. The number of carbonyl (C=O) groups is 1. The van der Waals surface area contributed by atoms with Crippen molar-refractivity contribution in [3.8, 4) is 0 Å². The van der Waals surface area contributed by atoms with Crippen LogP contribution in [0.25, 0.3) is 0 Å². The van der Waals surface area contributed by atoms with Gasteiger partial charge in [-0.15, -0.1) is 0 Å². The lowest BCUT2D eigenvalue weighted by Crippen LogP contribution is -2.37. The summed E-state index contributed by atoms with van der Waals surface area (Å²) in [6.45, 7) is 6.40. The summed E-state index contributed by atoms with van der Waals surface area (Å²) in [5.74, 6) is -0.821. The van der Waals surface area contributed by atoms with Gasteiger partial charge in [0.1, 0.15) is 0 Å². The fourth-order valence-electron chi connectivity index (χ4n) is 1.22. The van der Waals surface area contributed by atoms with Crippen LogP contribution in [-0.4, -0.2) is 11.1 Å². The van der Waals surface area contributed by atoms with Crippen molar-refractivity contribution >= 4 is 5.97 Å². The van der Waals surface area contributed by atoms with Gasteiger partial charge in [-0.3, -0.25) is 0 Å². The fraction of sp³-hybridized carbons (Fsp3) is 0.455. The molecule has 0 amide bonds. The van der Waals surface area contributed by atoms with E-state index in [0.29, 0.717) is 0 Å². The Labute approximate surface area is 84.0 Å². The highest BCUT2D eigenvalue weighted by Crippen LogP contribution is 2.19. The first kappa shape index (κ1) is 10.7. The van der Waals surface area contributed by atoms with E-state index >= 15 is 0 Å². The Balaban J connectivity index is 2.84. The molecular weight excluding hydrogens is 178 g/mol. The monoisotopic (exact) mass is 194 g/mol. The number of pyridine rings is 1. The summed E-state index contributed by atoms with van der Waals surface area (Å²) in [4.78, 5) is 10.4. The van der Waals surface area contributed by atoms with Gasteiger partial charge >= 0.3 is 5.97 Å². The molecule has 0 aromatic carbocycles. The van der Waals surface area contributed by atoms with E-state index in [0.717, 1.165) is 0 Å². The molecule has 0 aliphatic heterocycles. The molecular formula is C11H16NO2+. The maximum atomic E-state index is 10.4. The Hall–Kier alpha value is -1.38. The molecule has 0 saturated carbocycles. The summed E-state index contributed by atoms with van der Waals surface area (Å²) in [6, 6.07) is 3.92. The maximum Gasteiger partial charge on any atom is 0.370 e. The lowest BCUT2D eigenvalue weighted by atomic mass is 9.88. The molecule has 0 aliphatic rings. The van der Waals surface area contributed by atoms with E-state index in [-0.39, 0.29) is 12.0 Å². The number of rotatable bonds is 2. The molecule has 1 N–H and O–H groups in total. The second kappa shape index (κ2) is 3.78. The molecule has 1 heterocycles. The Bertz CT molecular complexity index is 322. The van der Waals surface area contributed by atoms with Gasteiger partial charge in [0.15, 0.2) is 12.4 Å². The van der Waals surface area contributed by atoms with E-state index in [9.17, 15) is 4.79 Å². The number of carboxylic acid groups (broad SMARTS) is 1. The lowest BCUT2D eigenvalue weighted by molar-refractivity contribution is -0.685. The van der Waals surface area contributed by atoms with Crippen molar-refractivity contribution in [2.75, 3.05) is 0 Å². The molecule has 0 bridgehead atoms. The first-order valence-electron chi connectivity index (χ1n) is 4.61. The average Bonchev–Trinajstić information content (AvgIpc) is 2.02. The molecule has 1 rings (SSSR count). The summed E-state index contributed by atoms with van der Waals surface area (Å²) in [7, 11) is 0. The van der Waals surface area contributed by atoms with Gasteiger partial charge in [0, 0.05) is 12.1 Å². The Morgan fingerprint density at radius 3 is 2.21 bits per heavy atom. The van der Waals surface area contributed by atoms with Crippen molar-refractivity contribution in [1.29, 1.82) is 0 Å². The van der Waals surface area contributed by atoms with Crippen molar-refractivity contribution in [2.45, 2.75) is 32.7 Å². The molecule has 0 unspecified atom stereocenters. The molecule has 0 aliphatic carbocycles. The molecule has 76 valence electrons. The van der Waals surface area contributed by atoms with Gasteiger partial charge in [0.25, 0.3) is 0 Å². The minimum Gasteiger partial charge on any atom is -0.477 e. The van der Waals surface area contributed by atoms with Crippen molar-refractivity contribution in [2.24, 2.45) is 0 Å². The number of aliphatic carboxylic acids is 1. The molecule has 3 nitrogen and oxygen atoms in total. The summed E-state index contributed by atoms with van der Waals surface area (Å²) >= 11 is 0. The van der Waals surface area contributed by atoms with E-state index in [2.05, 4.69) is 20.8 Å². The Morgan fingerprint density at radius 2 is 1.86 bits per heavy atom. The number of hydrogen-bond acceptors (Lipinski definition) is 1. The van der Waals surface area contributed by atoms with Crippen LogP contribution in [0.4, 0.5) is 0 Å². The van der Waals surface area contributed by atoms with Crippen LogP contribution in [0.3, 0.4) is 0 Å². The quantitative estimate of drug-likeness (QED) is 0.722. The minimum atomic E-state index is -0.821. The number of aromatic nitrogens is 1. The summed E-state index contributed by atoms with van der Waals surface area (Å²) in [5.41, 5.74) is 1.32. The fourth-order valence-corrected chi connectivity index (χ4v) is 1.22. The number of nitrogens with zero attached hydrogens (tertiary/aromatic N) is 1. The van der Waals surface area contributed by atoms with Crippen molar-refractivity contribution in [3.63, 3.8) is 0 Å². The smallest absolute Gasteiger partial charge is 0.370 e. The lowest BCUT2D eigenvalue weighted by Gasteiger charge is -2.17. The van der Waals surface area contributed by atoms with E-state index in [1.54, 1.807) is 17.0 Å². The summed E-state index contributed by atoms with van der Waals surface area (Å²) < 4.78 is 1.65. The molecule has 0 spiro atoms. The van der Waals surface area contributed by atoms with Gasteiger partial charge in [-0.05, 0) is 11.0 Å². The predicted molar refractivity (Wildman–Crippen MR) is 53.0 cm³/mol. The highest BCUT2D eigenvalue weighted by atomic mass is 16.4. The Morgan fingerprint density at radius 1 is 1.36 bits per heavy atom. The van der Waals surface area contributed by atoms with Crippen molar-refractivity contribution in [3.05, 3.63) is 30.1 Å². The van der Waals surface area contributed by atoms with Gasteiger partial charge in [0.2, 0.25) is 6.54 Å². The van der Waals surface area contributed by atoms with E-state index in [1.165, 1.54) is 5.56 Å². The van der Waals surface area contributed by atoms with Crippen LogP contribution in [0.2, 0.25) is 0 Å². The van der Waals surface area contributed by atoms with Gasteiger partial charge in [-0.2, -0.15) is 4.57 Å². The van der Waals surface area contributed by atoms with Crippen LogP contribution in [-0.2, 0) is 16.8 Å². The topological polar surface area (TPSA) is 41.2 Å². The number of hydrogen-bond donors (Lipinski definition) is 1. The highest BCUT2D eigenvalue weighted by molar-refractivity contribution is 5.64. The molecule has 14 heavy (non-hydrogen) atoms. The molecule has 1 aromatic rings. The van der Waals surface area contributed by atoms with Gasteiger partial charge in [-0.1, -0.05) is 20.8 Å². The molecule has 0 radical (unpaired) electrons. The van der Waals surface area contributed by atoms with Crippen LogP contribution in [0.15, 0.2) is 24.5 Å². The van der Waals surface area contributed by atoms with Crippen LogP contribution in [0.1, 0.15) is 26.3 Å². The summed E-state index contributed by atoms with van der Waals surface area (Å²) in [5, 5.41) is 8.58. The van der Waals surface area contributed by atoms with Crippen molar-refractivity contribution in [1.82, 2.24) is 0 Å².